The van der Waals surface area contributed by atoms with Gasteiger partial charge in [-0.15, -0.1) is 0 Å². The van der Waals surface area contributed by atoms with Crippen molar-refractivity contribution in [2.45, 2.75) is 63.9 Å². The number of nitrogens with one attached hydrogen (secondary N) is 1. The summed E-state index contributed by atoms with van der Waals surface area (Å²) in [6.45, 7) is 3.35. The zero-order valence-corrected chi connectivity index (χ0v) is 26.0. The van der Waals surface area contributed by atoms with Crippen molar-refractivity contribution in [1.29, 1.82) is 0 Å². The number of pyridine rings is 1. The number of ether oxygens (including phenoxy) is 2. The highest BCUT2D eigenvalue weighted by Gasteiger charge is 2.36. The van der Waals surface area contributed by atoms with Crippen molar-refractivity contribution in [2.75, 3.05) is 6.61 Å². The molecule has 0 spiro atoms. The summed E-state index contributed by atoms with van der Waals surface area (Å²) < 4.78 is 84.5. The van der Waals surface area contributed by atoms with Gasteiger partial charge < -0.3 is 14.8 Å². The van der Waals surface area contributed by atoms with E-state index in [0.717, 1.165) is 30.7 Å². The molecule has 0 saturated heterocycles. The van der Waals surface area contributed by atoms with E-state index in [1.807, 2.05) is 13.0 Å². The average Bonchev–Trinajstić information content (AvgIpc) is 3.87. The van der Waals surface area contributed by atoms with E-state index in [0.29, 0.717) is 44.7 Å². The van der Waals surface area contributed by atoms with Crippen LogP contribution in [0, 0.1) is 18.6 Å². The van der Waals surface area contributed by atoms with Crippen LogP contribution in [0.4, 0.5) is 22.0 Å². The third-order valence-corrected chi connectivity index (χ3v) is 8.59. The molecule has 250 valence electrons. The maximum atomic E-state index is 16.5. The maximum Gasteiger partial charge on any atom is 0.416 e. The van der Waals surface area contributed by atoms with Gasteiger partial charge in [0.15, 0.2) is 0 Å². The molecule has 48 heavy (non-hydrogen) atoms. The number of rotatable bonds is 5. The van der Waals surface area contributed by atoms with Crippen molar-refractivity contribution >= 4 is 11.9 Å². The summed E-state index contributed by atoms with van der Waals surface area (Å²) in [5.74, 6) is -3.05. The number of esters is 1. The van der Waals surface area contributed by atoms with Crippen molar-refractivity contribution in [3.05, 3.63) is 122 Å². The molecule has 1 amide bonds. The number of hydrogen-bond acceptors (Lipinski definition) is 5. The van der Waals surface area contributed by atoms with Gasteiger partial charge in [0.25, 0.3) is 5.56 Å². The highest BCUT2D eigenvalue weighted by atomic mass is 19.4. The quantitative estimate of drug-likeness (QED) is 0.179. The summed E-state index contributed by atoms with van der Waals surface area (Å²) >= 11 is 0. The monoisotopic (exact) mass is 666 g/mol. The number of halogens is 5. The van der Waals surface area contributed by atoms with Crippen LogP contribution in [0.5, 0.6) is 5.75 Å². The molecule has 2 atom stereocenters. The molecular formula is C36H31F5N2O5. The first-order valence-electron chi connectivity index (χ1n) is 15.5. The minimum absolute atomic E-state index is 0.000824. The Morgan fingerprint density at radius 2 is 1.75 bits per heavy atom. The molecular weight excluding hydrogens is 635 g/mol. The van der Waals surface area contributed by atoms with Crippen LogP contribution in [0.1, 0.15) is 77.6 Å². The first kappa shape index (κ1) is 32.9. The Labute approximate surface area is 272 Å². The molecule has 0 unspecified atom stereocenters. The van der Waals surface area contributed by atoms with E-state index in [9.17, 15) is 27.6 Å². The molecule has 1 saturated carbocycles. The number of amides is 1. The first-order chi connectivity index (χ1) is 22.8. The Balaban J connectivity index is 1.59. The van der Waals surface area contributed by atoms with Gasteiger partial charge in [0, 0.05) is 29.0 Å². The minimum Gasteiger partial charge on any atom is -0.488 e. The van der Waals surface area contributed by atoms with Crippen molar-refractivity contribution in [1.82, 2.24) is 9.88 Å². The topological polar surface area (TPSA) is 86.6 Å². The minimum atomic E-state index is -4.85. The van der Waals surface area contributed by atoms with Crippen LogP contribution in [-0.2, 0) is 27.1 Å². The zero-order valence-electron chi connectivity index (χ0n) is 26.0. The fourth-order valence-electron chi connectivity index (χ4n) is 6.12. The van der Waals surface area contributed by atoms with Gasteiger partial charge >= 0.3 is 12.1 Å². The highest BCUT2D eigenvalue weighted by molar-refractivity contribution is 5.85. The van der Waals surface area contributed by atoms with Crippen LogP contribution in [-0.4, -0.2) is 23.1 Å². The molecule has 2 heterocycles. The van der Waals surface area contributed by atoms with Gasteiger partial charge in [0.05, 0.1) is 24.6 Å². The normalized spacial score (nSPS) is 17.9. The van der Waals surface area contributed by atoms with Crippen LogP contribution in [0.25, 0.3) is 11.1 Å². The Bertz CT molecular complexity index is 1970. The zero-order chi connectivity index (χ0) is 34.3. The maximum absolute atomic E-state index is 16.5. The second-order valence-corrected chi connectivity index (χ2v) is 12.0. The lowest BCUT2D eigenvalue weighted by Gasteiger charge is -2.27. The largest absolute Gasteiger partial charge is 0.488 e. The molecule has 3 aromatic carbocycles. The second kappa shape index (κ2) is 12.9. The summed E-state index contributed by atoms with van der Waals surface area (Å²) in [5.41, 5.74) is -0.0434. The predicted octanol–water partition coefficient (Wildman–Crippen LogP) is 7.29. The number of alkyl halides is 3. The Hall–Kier alpha value is -5.00. The van der Waals surface area contributed by atoms with E-state index in [1.165, 1.54) is 18.2 Å². The number of benzene rings is 3. The van der Waals surface area contributed by atoms with E-state index in [4.69, 9.17) is 9.47 Å². The van der Waals surface area contributed by atoms with Crippen LogP contribution in [0.2, 0.25) is 0 Å². The number of nitrogens with zero attached hydrogens (tertiary/aromatic N) is 1. The molecule has 1 aliphatic carbocycles. The smallest absolute Gasteiger partial charge is 0.416 e. The third kappa shape index (κ3) is 6.56. The predicted molar refractivity (Wildman–Crippen MR) is 165 cm³/mol. The number of aryl methyl sites for hydroxylation is 1. The number of carbonyl (C=O) groups is 2. The SMILES string of the molecule is CCOC(=O)C[C@@H]1NC(=O)[C@@H](n2ccc(C(F)(F)F)cc2=O)c2cc(ccc2F)COc2cccc(C)c2-c2cc(C3CC3)c(F)c1c2. The lowest BCUT2D eigenvalue weighted by Crippen LogP contribution is -2.41. The molecule has 0 radical (unpaired) electrons. The summed E-state index contributed by atoms with van der Waals surface area (Å²) in [6, 6.07) is 10.1. The number of carbonyl (C=O) groups excluding carboxylic acids is 2. The van der Waals surface area contributed by atoms with Gasteiger partial charge in [-0.05, 0) is 91.3 Å². The van der Waals surface area contributed by atoms with Crippen molar-refractivity contribution in [3.8, 4) is 16.9 Å². The third-order valence-electron chi connectivity index (χ3n) is 8.59. The summed E-state index contributed by atoms with van der Waals surface area (Å²) in [6.07, 6.45) is -3.16. The fraction of sp³-hybridized carbons (Fsp3) is 0.306. The summed E-state index contributed by atoms with van der Waals surface area (Å²) in [4.78, 5) is 40.3. The van der Waals surface area contributed by atoms with E-state index < -0.39 is 59.3 Å². The number of hydrogen-bond donors (Lipinski definition) is 1. The fourth-order valence-corrected chi connectivity index (χ4v) is 6.12. The number of fused-ring (bicyclic) bond motifs is 6. The van der Waals surface area contributed by atoms with Crippen molar-refractivity contribution < 1.29 is 41.0 Å². The van der Waals surface area contributed by atoms with Crippen molar-refractivity contribution in [3.63, 3.8) is 0 Å². The molecule has 4 bridgehead atoms. The molecule has 6 rings (SSSR count). The molecule has 1 aliphatic heterocycles. The van der Waals surface area contributed by atoms with Gasteiger partial charge in [0.2, 0.25) is 5.91 Å². The van der Waals surface area contributed by atoms with Crippen molar-refractivity contribution in [2.24, 2.45) is 0 Å². The van der Waals surface area contributed by atoms with Crippen LogP contribution in [0.15, 0.2) is 71.7 Å². The summed E-state index contributed by atoms with van der Waals surface area (Å²) in [7, 11) is 0. The average molecular weight is 667 g/mol. The summed E-state index contributed by atoms with van der Waals surface area (Å²) in [5, 5.41) is 2.63. The molecule has 2 aliphatic rings. The van der Waals surface area contributed by atoms with Gasteiger partial charge in [-0.25, -0.2) is 8.78 Å². The standard InChI is InChI=1S/C36H31F5N2O5/c1-3-47-31(45)17-28-26-15-22(14-24(33(26)38)21-8-9-21)32-19(2)5-4-6-29(32)48-18-20-7-10-27(37)25(13-20)34(35(46)42-28)43-12-11-23(16-30(43)44)36(39,40)41/h4-7,10-16,21,28,34H,3,8-9,17-18H2,1-2H3,(H,42,46)/t28-,34-/m0/s1. The van der Waals surface area contributed by atoms with Gasteiger partial charge in [0.1, 0.15) is 30.0 Å². The number of aromatic nitrogens is 1. The Morgan fingerprint density at radius 3 is 2.44 bits per heavy atom. The lowest BCUT2D eigenvalue weighted by molar-refractivity contribution is -0.144. The van der Waals surface area contributed by atoms with E-state index in [1.54, 1.807) is 25.1 Å². The molecule has 1 N–H and O–H groups in total. The first-order valence-corrected chi connectivity index (χ1v) is 15.5. The van der Waals surface area contributed by atoms with Crippen LogP contribution in [0.3, 0.4) is 0 Å². The van der Waals surface area contributed by atoms with Crippen LogP contribution < -0.4 is 15.6 Å². The van der Waals surface area contributed by atoms with E-state index in [-0.39, 0.29) is 30.3 Å². The van der Waals surface area contributed by atoms with Gasteiger partial charge in [-0.2, -0.15) is 13.2 Å². The highest BCUT2D eigenvalue weighted by Crippen LogP contribution is 2.46. The Kier molecular flexibility index (Phi) is 8.84. The van der Waals surface area contributed by atoms with Gasteiger partial charge in [-0.3, -0.25) is 19.0 Å². The van der Waals surface area contributed by atoms with Crippen LogP contribution >= 0.6 is 0 Å². The lowest BCUT2D eigenvalue weighted by atomic mass is 9.90. The molecule has 12 heteroatoms. The molecule has 1 fully saturated rings. The Morgan fingerprint density at radius 1 is 1.00 bits per heavy atom. The van der Waals surface area contributed by atoms with E-state index in [2.05, 4.69) is 5.32 Å². The molecule has 7 nitrogen and oxygen atoms in total. The molecule has 1 aromatic heterocycles. The second-order valence-electron chi connectivity index (χ2n) is 12.0. The molecule has 4 aromatic rings. The van der Waals surface area contributed by atoms with E-state index >= 15 is 8.78 Å². The van der Waals surface area contributed by atoms with Gasteiger partial charge in [-0.1, -0.05) is 18.2 Å².